The molecule has 6 heteroatoms. The summed E-state index contributed by atoms with van der Waals surface area (Å²) in [6.45, 7) is 13.1. The number of halogens is 3. The molecule has 0 saturated heterocycles. The third kappa shape index (κ3) is 5.58. The summed E-state index contributed by atoms with van der Waals surface area (Å²) in [5, 5.41) is 3.89. The van der Waals surface area contributed by atoms with Gasteiger partial charge in [0.2, 0.25) is 5.69 Å². The van der Waals surface area contributed by atoms with Gasteiger partial charge in [-0.1, -0.05) is 145 Å². The summed E-state index contributed by atoms with van der Waals surface area (Å²) >= 11 is 0. The van der Waals surface area contributed by atoms with Crippen LogP contribution in [0.1, 0.15) is 16.7 Å². The zero-order chi connectivity index (χ0) is 39.7. The van der Waals surface area contributed by atoms with Crippen molar-refractivity contribution in [2.45, 2.75) is 20.0 Å². The molecule has 0 saturated carbocycles. The van der Waals surface area contributed by atoms with Crippen LogP contribution in [0.25, 0.3) is 93.2 Å². The van der Waals surface area contributed by atoms with E-state index in [0.717, 1.165) is 83.1 Å². The minimum absolute atomic E-state index is 0.00551. The number of hydrogen-bond donors (Lipinski definition) is 0. The fraction of sp³-hybridized carbons (Fsp3) is 0.0577. The predicted octanol–water partition coefficient (Wildman–Crippen LogP) is 15.1. The Bertz CT molecular complexity index is 3290. The largest absolute Gasteiger partial charge is 0.417 e. The maximum Gasteiger partial charge on any atom is 0.417 e. The van der Waals surface area contributed by atoms with Crippen LogP contribution in [0.15, 0.2) is 170 Å². The monoisotopic (exact) mass is 757 g/mol. The molecule has 3 nitrogen and oxygen atoms in total. The average molecular weight is 758 g/mol. The second-order valence-electron chi connectivity index (χ2n) is 14.9. The molecule has 0 aliphatic carbocycles. The molecule has 10 aromatic rings. The Balaban J connectivity index is 1.35. The van der Waals surface area contributed by atoms with Crippen molar-refractivity contribution in [2.75, 3.05) is 0 Å². The number of fused-ring (bicyclic) bond motifs is 6. The first kappa shape index (κ1) is 35.1. The molecule has 0 bridgehead atoms. The molecule has 2 aromatic heterocycles. The van der Waals surface area contributed by atoms with E-state index in [9.17, 15) is 13.2 Å². The van der Waals surface area contributed by atoms with Crippen LogP contribution in [-0.2, 0) is 6.18 Å². The van der Waals surface area contributed by atoms with Crippen molar-refractivity contribution in [1.29, 1.82) is 0 Å². The minimum atomic E-state index is -4.64. The highest BCUT2D eigenvalue weighted by Gasteiger charge is 2.35. The summed E-state index contributed by atoms with van der Waals surface area (Å²) in [5.41, 5.74) is 10.5. The maximum atomic E-state index is 14.9. The lowest BCUT2D eigenvalue weighted by Gasteiger charge is -2.22. The Kier molecular flexibility index (Phi) is 8.10. The highest BCUT2D eigenvalue weighted by molar-refractivity contribution is 6.13. The molecule has 8 aromatic carbocycles. The average Bonchev–Trinajstić information content (AvgIpc) is 3.75. The molecule has 58 heavy (non-hydrogen) atoms. The smallest absolute Gasteiger partial charge is 0.319 e. The lowest BCUT2D eigenvalue weighted by atomic mass is 9.95. The van der Waals surface area contributed by atoms with Crippen molar-refractivity contribution < 1.29 is 13.2 Å². The van der Waals surface area contributed by atoms with E-state index in [1.807, 2.05) is 60.0 Å². The summed E-state index contributed by atoms with van der Waals surface area (Å²) in [6.07, 6.45) is -4.64. The van der Waals surface area contributed by atoms with Crippen molar-refractivity contribution >= 4 is 49.3 Å². The van der Waals surface area contributed by atoms with E-state index in [4.69, 9.17) is 6.57 Å². The molecular weight excluding hydrogens is 724 g/mol. The lowest BCUT2D eigenvalue weighted by Crippen LogP contribution is -2.09. The molecule has 0 amide bonds. The predicted molar refractivity (Wildman–Crippen MR) is 232 cm³/mol. The van der Waals surface area contributed by atoms with Gasteiger partial charge in [0, 0.05) is 21.5 Å². The van der Waals surface area contributed by atoms with E-state index >= 15 is 0 Å². The molecular formula is C52H34F3N3. The Labute approximate surface area is 333 Å². The standard InChI is InChI=1S/C52H34F3N3/c1-32-16-20-34(21-17-32)36-24-26-41-39-11-5-8-14-45(39)57(48(41)30-36)47-29-28-43(38-10-4-7-13-44(38)52(53,54)55)51(50(47)56-3)58-46-15-9-6-12-40(46)42-27-25-37(31-49(42)58)35-22-18-33(2)19-23-35/h4-31H,1-2H3. The van der Waals surface area contributed by atoms with E-state index < -0.39 is 11.7 Å². The van der Waals surface area contributed by atoms with Crippen LogP contribution in [0.3, 0.4) is 0 Å². The van der Waals surface area contributed by atoms with Crippen LogP contribution < -0.4 is 0 Å². The van der Waals surface area contributed by atoms with Crippen LogP contribution in [0.5, 0.6) is 0 Å². The molecule has 2 heterocycles. The summed E-state index contributed by atoms with van der Waals surface area (Å²) in [4.78, 5) is 4.30. The molecule has 0 N–H and O–H groups in total. The normalized spacial score (nSPS) is 11.9. The van der Waals surface area contributed by atoms with Crippen molar-refractivity contribution in [1.82, 2.24) is 9.13 Å². The van der Waals surface area contributed by atoms with Gasteiger partial charge in [0.25, 0.3) is 0 Å². The number of aryl methyl sites for hydroxylation is 2. The fourth-order valence-electron chi connectivity index (χ4n) is 8.56. The lowest BCUT2D eigenvalue weighted by molar-refractivity contribution is -0.137. The molecule has 10 rings (SSSR count). The van der Waals surface area contributed by atoms with Crippen molar-refractivity contribution in [2.24, 2.45) is 0 Å². The second-order valence-corrected chi connectivity index (χ2v) is 14.9. The molecule has 0 atom stereocenters. The Morgan fingerprint density at radius 3 is 1.47 bits per heavy atom. The fourth-order valence-corrected chi connectivity index (χ4v) is 8.56. The molecule has 278 valence electrons. The summed E-state index contributed by atoms with van der Waals surface area (Å²) in [7, 11) is 0. The zero-order valence-electron chi connectivity index (χ0n) is 31.6. The van der Waals surface area contributed by atoms with Gasteiger partial charge in [-0.15, -0.1) is 0 Å². The van der Waals surface area contributed by atoms with Crippen molar-refractivity contribution in [3.63, 3.8) is 0 Å². The molecule has 0 aliphatic heterocycles. The number of rotatable bonds is 5. The van der Waals surface area contributed by atoms with Gasteiger partial charge in [0.1, 0.15) is 0 Å². The van der Waals surface area contributed by atoms with Gasteiger partial charge in [-0.05, 0) is 83.6 Å². The maximum absolute atomic E-state index is 14.9. The van der Waals surface area contributed by atoms with Crippen molar-refractivity contribution in [3.8, 4) is 44.8 Å². The zero-order valence-corrected chi connectivity index (χ0v) is 31.6. The number of para-hydroxylation sites is 2. The van der Waals surface area contributed by atoms with E-state index in [0.29, 0.717) is 16.9 Å². The Morgan fingerprint density at radius 1 is 0.448 bits per heavy atom. The highest BCUT2D eigenvalue weighted by atomic mass is 19.4. The van der Waals surface area contributed by atoms with Crippen LogP contribution >= 0.6 is 0 Å². The van der Waals surface area contributed by atoms with Gasteiger partial charge in [-0.3, -0.25) is 0 Å². The van der Waals surface area contributed by atoms with E-state index in [1.165, 1.54) is 12.1 Å². The number of benzene rings is 8. The third-order valence-electron chi connectivity index (χ3n) is 11.3. The molecule has 0 spiro atoms. The third-order valence-corrected chi connectivity index (χ3v) is 11.3. The van der Waals surface area contributed by atoms with E-state index in [2.05, 4.69) is 107 Å². The van der Waals surface area contributed by atoms with Crippen molar-refractivity contribution in [3.05, 3.63) is 198 Å². The van der Waals surface area contributed by atoms with Gasteiger partial charge in [0.15, 0.2) is 0 Å². The number of hydrogen-bond acceptors (Lipinski definition) is 0. The van der Waals surface area contributed by atoms with Gasteiger partial charge in [-0.2, -0.15) is 13.2 Å². The van der Waals surface area contributed by atoms with E-state index in [-0.39, 0.29) is 11.3 Å². The summed E-state index contributed by atoms with van der Waals surface area (Å²) in [5.74, 6) is 0. The highest BCUT2D eigenvalue weighted by Crippen LogP contribution is 2.48. The topological polar surface area (TPSA) is 14.2 Å². The number of aromatic nitrogens is 2. The SMILES string of the molecule is [C-]#[N+]c1c(-n2c3ccccc3c3ccc(-c4ccc(C)cc4)cc32)ccc(-c2ccccc2C(F)(F)F)c1-n1c2ccccc2c2ccc(-c3ccc(C)cc3)cc21. The minimum Gasteiger partial charge on any atom is -0.319 e. The van der Waals surface area contributed by atoms with Gasteiger partial charge < -0.3 is 9.13 Å². The second kappa shape index (κ2) is 13.4. The van der Waals surface area contributed by atoms with Crippen LogP contribution in [-0.4, -0.2) is 9.13 Å². The quantitative estimate of drug-likeness (QED) is 0.155. The first-order chi connectivity index (χ1) is 28.2. The summed E-state index contributed by atoms with van der Waals surface area (Å²) < 4.78 is 48.9. The first-order valence-electron chi connectivity index (χ1n) is 19.1. The molecule has 0 unspecified atom stereocenters. The molecule has 0 radical (unpaired) electrons. The first-order valence-corrected chi connectivity index (χ1v) is 19.1. The van der Waals surface area contributed by atoms with Crippen LogP contribution in [0.4, 0.5) is 18.9 Å². The van der Waals surface area contributed by atoms with Gasteiger partial charge in [0.05, 0.1) is 45.6 Å². The Morgan fingerprint density at radius 2 is 0.914 bits per heavy atom. The summed E-state index contributed by atoms with van der Waals surface area (Å²) in [6, 6.07) is 54.6. The molecule has 0 fully saturated rings. The molecule has 0 aliphatic rings. The number of nitrogens with zero attached hydrogens (tertiary/aromatic N) is 3. The number of alkyl halides is 3. The van der Waals surface area contributed by atoms with Crippen LogP contribution in [0, 0.1) is 20.4 Å². The Hall–Kier alpha value is -7.36. The van der Waals surface area contributed by atoms with Gasteiger partial charge in [-0.25, -0.2) is 4.85 Å². The van der Waals surface area contributed by atoms with Crippen LogP contribution in [0.2, 0.25) is 0 Å². The van der Waals surface area contributed by atoms with Gasteiger partial charge >= 0.3 is 6.18 Å². The van der Waals surface area contributed by atoms with E-state index in [1.54, 1.807) is 12.1 Å².